The Bertz CT molecular complexity index is 1150. The van der Waals surface area contributed by atoms with Crippen LogP contribution in [0.3, 0.4) is 0 Å². The molecular formula is C29H37N3O4. The molecule has 7 nitrogen and oxygen atoms in total. The molecule has 0 spiro atoms. The zero-order chi connectivity index (χ0) is 26.0. The van der Waals surface area contributed by atoms with Crippen LogP contribution in [0, 0.1) is 0 Å². The second kappa shape index (κ2) is 10.7. The molecule has 2 aliphatic rings. The zero-order valence-electron chi connectivity index (χ0n) is 22.0. The van der Waals surface area contributed by atoms with E-state index in [0.29, 0.717) is 12.1 Å². The summed E-state index contributed by atoms with van der Waals surface area (Å²) in [6.07, 6.45) is 1.56. The number of rotatable bonds is 9. The molecule has 7 heteroatoms. The Morgan fingerprint density at radius 3 is 2.42 bits per heavy atom. The summed E-state index contributed by atoms with van der Waals surface area (Å²) in [5.41, 5.74) is 3.49. The number of hydrogen-bond acceptors (Lipinski definition) is 6. The smallest absolute Gasteiger partial charge is 0.295 e. The first kappa shape index (κ1) is 25.8. The van der Waals surface area contributed by atoms with Crippen LogP contribution < -0.4 is 9.64 Å². The van der Waals surface area contributed by atoms with Crippen LogP contribution in [-0.2, 0) is 16.0 Å². The number of aliphatic hydroxyl groups is 1. The normalized spacial score (nSPS) is 20.7. The Balaban J connectivity index is 1.73. The molecule has 1 fully saturated rings. The average molecular weight is 492 g/mol. The molecule has 1 N–H and O–H groups in total. The fraction of sp³-hybridized carbons (Fsp3) is 0.448. The molecule has 1 amide bonds. The molecule has 2 atom stereocenters. The molecule has 1 saturated heterocycles. The highest BCUT2D eigenvalue weighted by Gasteiger charge is 2.45. The van der Waals surface area contributed by atoms with Crippen molar-refractivity contribution in [2.24, 2.45) is 0 Å². The lowest BCUT2D eigenvalue weighted by atomic mass is 9.94. The predicted molar refractivity (Wildman–Crippen MR) is 142 cm³/mol. The molecule has 36 heavy (non-hydrogen) atoms. The quantitative estimate of drug-likeness (QED) is 0.322. The monoisotopic (exact) mass is 491 g/mol. The average Bonchev–Trinajstić information content (AvgIpc) is 3.37. The van der Waals surface area contributed by atoms with Crippen molar-refractivity contribution in [1.82, 2.24) is 9.80 Å². The van der Waals surface area contributed by atoms with Gasteiger partial charge in [0.05, 0.1) is 11.6 Å². The molecule has 0 aliphatic carbocycles. The highest BCUT2D eigenvalue weighted by atomic mass is 16.5. The number of ketones is 1. The first-order valence-electron chi connectivity index (χ1n) is 12.8. The van der Waals surface area contributed by atoms with E-state index in [-0.39, 0.29) is 17.4 Å². The lowest BCUT2D eigenvalue weighted by Gasteiger charge is -2.27. The lowest BCUT2D eigenvalue weighted by molar-refractivity contribution is -0.140. The van der Waals surface area contributed by atoms with Crippen molar-refractivity contribution in [3.8, 4) is 5.75 Å². The molecule has 192 valence electrons. The SMILES string of the molecule is CCN(CC)CCCN1C(=O)C(=O)/C(=C(\O)c2ccc3c(c2)CC(C)O3)C1c1ccc(N(C)C)cc1. The summed E-state index contributed by atoms with van der Waals surface area (Å²) < 4.78 is 5.79. The third-order valence-corrected chi connectivity index (χ3v) is 7.20. The van der Waals surface area contributed by atoms with E-state index in [2.05, 4.69) is 18.7 Å². The third kappa shape index (κ3) is 4.98. The summed E-state index contributed by atoms with van der Waals surface area (Å²) in [6.45, 7) is 9.38. The van der Waals surface area contributed by atoms with E-state index in [1.54, 1.807) is 11.0 Å². The fourth-order valence-corrected chi connectivity index (χ4v) is 5.14. The molecule has 4 rings (SSSR count). The summed E-state index contributed by atoms with van der Waals surface area (Å²) in [6, 6.07) is 12.6. The number of carbonyl (C=O) groups is 2. The topological polar surface area (TPSA) is 73.3 Å². The Morgan fingerprint density at radius 1 is 1.08 bits per heavy atom. The Morgan fingerprint density at radius 2 is 1.78 bits per heavy atom. The van der Waals surface area contributed by atoms with Gasteiger partial charge in [0.25, 0.3) is 11.7 Å². The third-order valence-electron chi connectivity index (χ3n) is 7.20. The Labute approximate surface area is 214 Å². The van der Waals surface area contributed by atoms with E-state index in [4.69, 9.17) is 4.74 Å². The Kier molecular flexibility index (Phi) is 7.69. The first-order valence-corrected chi connectivity index (χ1v) is 12.8. The maximum absolute atomic E-state index is 13.3. The highest BCUT2D eigenvalue weighted by Crippen LogP contribution is 2.41. The highest BCUT2D eigenvalue weighted by molar-refractivity contribution is 6.46. The van der Waals surface area contributed by atoms with Gasteiger partial charge in [-0.25, -0.2) is 0 Å². The molecule has 0 bridgehead atoms. The van der Waals surface area contributed by atoms with Crippen LogP contribution in [0.25, 0.3) is 5.76 Å². The van der Waals surface area contributed by atoms with Gasteiger partial charge in [0.15, 0.2) is 0 Å². The fourth-order valence-electron chi connectivity index (χ4n) is 5.14. The molecule has 2 aliphatic heterocycles. The number of carbonyl (C=O) groups excluding carboxylic acids is 2. The van der Waals surface area contributed by atoms with Crippen molar-refractivity contribution in [2.75, 3.05) is 45.2 Å². The van der Waals surface area contributed by atoms with Crippen molar-refractivity contribution in [3.05, 3.63) is 64.7 Å². The van der Waals surface area contributed by atoms with Crippen LogP contribution in [0.2, 0.25) is 0 Å². The number of fused-ring (bicyclic) bond motifs is 1. The van der Waals surface area contributed by atoms with Crippen LogP contribution in [0.1, 0.15) is 49.9 Å². The summed E-state index contributed by atoms with van der Waals surface area (Å²) in [7, 11) is 3.93. The van der Waals surface area contributed by atoms with Gasteiger partial charge >= 0.3 is 0 Å². The van der Waals surface area contributed by atoms with Crippen molar-refractivity contribution in [3.63, 3.8) is 0 Å². The minimum absolute atomic E-state index is 0.0731. The summed E-state index contributed by atoms with van der Waals surface area (Å²) >= 11 is 0. The number of aliphatic hydroxyl groups excluding tert-OH is 1. The minimum atomic E-state index is -0.638. The van der Waals surface area contributed by atoms with Gasteiger partial charge in [-0.3, -0.25) is 9.59 Å². The van der Waals surface area contributed by atoms with Crippen molar-refractivity contribution >= 4 is 23.1 Å². The van der Waals surface area contributed by atoms with Gasteiger partial charge in [0, 0.05) is 38.3 Å². The van der Waals surface area contributed by atoms with Crippen LogP contribution in [0.15, 0.2) is 48.0 Å². The van der Waals surface area contributed by atoms with Crippen LogP contribution in [-0.4, -0.2) is 73.0 Å². The van der Waals surface area contributed by atoms with Gasteiger partial charge in [0.2, 0.25) is 0 Å². The van der Waals surface area contributed by atoms with E-state index in [9.17, 15) is 14.7 Å². The number of Topliss-reactive ketones (excluding diaryl/α,β-unsaturated/α-hetero) is 1. The number of hydrogen-bond donors (Lipinski definition) is 1. The van der Waals surface area contributed by atoms with Gasteiger partial charge in [-0.2, -0.15) is 0 Å². The maximum atomic E-state index is 13.3. The zero-order valence-corrected chi connectivity index (χ0v) is 22.0. The van der Waals surface area contributed by atoms with Crippen molar-refractivity contribution in [2.45, 2.75) is 45.8 Å². The number of benzene rings is 2. The van der Waals surface area contributed by atoms with Gasteiger partial charge < -0.3 is 24.5 Å². The Hall–Kier alpha value is -3.32. The van der Waals surface area contributed by atoms with E-state index >= 15 is 0 Å². The van der Waals surface area contributed by atoms with Crippen LogP contribution >= 0.6 is 0 Å². The van der Waals surface area contributed by atoms with Crippen LogP contribution in [0.4, 0.5) is 5.69 Å². The summed E-state index contributed by atoms with van der Waals surface area (Å²) in [4.78, 5) is 32.5. The summed E-state index contributed by atoms with van der Waals surface area (Å²) in [5, 5.41) is 11.4. The van der Waals surface area contributed by atoms with Crippen LogP contribution in [0.5, 0.6) is 5.75 Å². The molecule has 0 aromatic heterocycles. The number of anilines is 1. The summed E-state index contributed by atoms with van der Waals surface area (Å²) in [5.74, 6) is -0.534. The van der Waals surface area contributed by atoms with Gasteiger partial charge in [-0.15, -0.1) is 0 Å². The maximum Gasteiger partial charge on any atom is 0.295 e. The van der Waals surface area contributed by atoms with Crippen molar-refractivity contribution < 1.29 is 19.4 Å². The minimum Gasteiger partial charge on any atom is -0.507 e. The molecular weight excluding hydrogens is 454 g/mol. The van der Waals surface area contributed by atoms with Gasteiger partial charge in [-0.1, -0.05) is 26.0 Å². The van der Waals surface area contributed by atoms with E-state index < -0.39 is 17.7 Å². The predicted octanol–water partition coefficient (Wildman–Crippen LogP) is 4.23. The molecule has 2 unspecified atom stereocenters. The molecule has 2 aromatic rings. The van der Waals surface area contributed by atoms with E-state index in [1.807, 2.05) is 62.3 Å². The largest absolute Gasteiger partial charge is 0.507 e. The number of amides is 1. The number of likely N-dealkylation sites (tertiary alicyclic amines) is 1. The molecule has 2 heterocycles. The first-order chi connectivity index (χ1) is 17.2. The molecule has 2 aromatic carbocycles. The standard InChI is InChI=1S/C29H37N3O4/c1-6-31(7-2)15-8-16-32-26(20-9-12-23(13-10-20)30(4)5)25(28(34)29(32)35)27(33)21-11-14-24-22(18-21)17-19(3)36-24/h9-14,18-19,26,33H,6-8,15-17H2,1-5H3/b27-25-. The lowest BCUT2D eigenvalue weighted by Crippen LogP contribution is -2.33. The van der Waals surface area contributed by atoms with E-state index in [1.165, 1.54) is 0 Å². The number of ether oxygens (including phenoxy) is 1. The molecule has 0 saturated carbocycles. The molecule has 0 radical (unpaired) electrons. The van der Waals surface area contributed by atoms with Crippen molar-refractivity contribution in [1.29, 1.82) is 0 Å². The number of nitrogens with zero attached hydrogens (tertiary/aromatic N) is 3. The van der Waals surface area contributed by atoms with E-state index in [0.717, 1.165) is 55.0 Å². The van der Waals surface area contributed by atoms with Gasteiger partial charge in [-0.05, 0) is 74.4 Å². The second-order valence-corrected chi connectivity index (χ2v) is 9.81. The van der Waals surface area contributed by atoms with Gasteiger partial charge in [0.1, 0.15) is 17.6 Å². The second-order valence-electron chi connectivity index (χ2n) is 9.81.